The fourth-order valence-corrected chi connectivity index (χ4v) is 2.48. The molecule has 0 spiro atoms. The standard InChI is InChI=1S/C16H19N5/c1-10(2)7-11-5-4-6-12(8-11)14-13-9-18-21-15(13)20-16(17-3)19-14/h4-6,8-10H,7H2,1-3H3,(H2,17,18,19,20,21). The van der Waals surface area contributed by atoms with E-state index >= 15 is 0 Å². The molecule has 2 heterocycles. The summed E-state index contributed by atoms with van der Waals surface area (Å²) in [5, 5.41) is 10.9. The molecule has 3 aromatic rings. The van der Waals surface area contributed by atoms with E-state index < -0.39 is 0 Å². The lowest BCUT2D eigenvalue weighted by Crippen LogP contribution is -1.99. The molecule has 5 heteroatoms. The van der Waals surface area contributed by atoms with Gasteiger partial charge in [-0.15, -0.1) is 0 Å². The van der Waals surface area contributed by atoms with E-state index in [1.165, 1.54) is 5.56 Å². The Morgan fingerprint density at radius 2 is 2.10 bits per heavy atom. The molecule has 0 fully saturated rings. The number of nitrogens with zero attached hydrogens (tertiary/aromatic N) is 3. The largest absolute Gasteiger partial charge is 0.357 e. The van der Waals surface area contributed by atoms with Crippen LogP contribution in [0.4, 0.5) is 5.95 Å². The molecule has 3 rings (SSSR count). The number of hydrogen-bond acceptors (Lipinski definition) is 4. The van der Waals surface area contributed by atoms with Gasteiger partial charge < -0.3 is 5.32 Å². The molecule has 0 aliphatic heterocycles. The molecular formula is C16H19N5. The minimum atomic E-state index is 0.594. The van der Waals surface area contributed by atoms with Gasteiger partial charge in [0.25, 0.3) is 0 Å². The van der Waals surface area contributed by atoms with Crippen LogP contribution in [0.1, 0.15) is 19.4 Å². The van der Waals surface area contributed by atoms with Crippen LogP contribution in [0, 0.1) is 5.92 Å². The molecule has 2 N–H and O–H groups in total. The molecule has 108 valence electrons. The summed E-state index contributed by atoms with van der Waals surface area (Å²) in [6, 6.07) is 8.53. The molecular weight excluding hydrogens is 262 g/mol. The van der Waals surface area contributed by atoms with Crippen molar-refractivity contribution in [1.29, 1.82) is 0 Å². The number of H-pyrrole nitrogens is 1. The quantitative estimate of drug-likeness (QED) is 0.770. The zero-order valence-electron chi connectivity index (χ0n) is 12.5. The first-order valence-corrected chi connectivity index (χ1v) is 7.15. The second-order valence-corrected chi connectivity index (χ2v) is 5.58. The topological polar surface area (TPSA) is 66.5 Å². The van der Waals surface area contributed by atoms with E-state index in [1.807, 2.05) is 7.05 Å². The van der Waals surface area contributed by atoms with E-state index in [9.17, 15) is 0 Å². The summed E-state index contributed by atoms with van der Waals surface area (Å²) in [6.07, 6.45) is 2.84. The second-order valence-electron chi connectivity index (χ2n) is 5.58. The summed E-state index contributed by atoms with van der Waals surface area (Å²) in [5.41, 5.74) is 4.07. The Kier molecular flexibility index (Phi) is 3.56. The number of nitrogens with one attached hydrogen (secondary N) is 2. The van der Waals surface area contributed by atoms with Crippen LogP contribution >= 0.6 is 0 Å². The van der Waals surface area contributed by atoms with E-state index in [-0.39, 0.29) is 0 Å². The predicted octanol–water partition coefficient (Wildman–Crippen LogP) is 3.26. The monoisotopic (exact) mass is 281 g/mol. The first-order chi connectivity index (χ1) is 10.2. The first-order valence-electron chi connectivity index (χ1n) is 7.15. The van der Waals surface area contributed by atoms with Gasteiger partial charge in [0.15, 0.2) is 5.65 Å². The molecule has 0 atom stereocenters. The van der Waals surface area contributed by atoms with Gasteiger partial charge in [0.05, 0.1) is 17.3 Å². The molecule has 21 heavy (non-hydrogen) atoms. The Balaban J connectivity index is 2.13. The van der Waals surface area contributed by atoms with E-state index in [0.29, 0.717) is 11.9 Å². The van der Waals surface area contributed by atoms with Crippen molar-refractivity contribution in [2.24, 2.45) is 5.92 Å². The molecule has 0 unspecified atom stereocenters. The Hall–Kier alpha value is -2.43. The number of hydrogen-bond donors (Lipinski definition) is 2. The number of rotatable bonds is 4. The summed E-state index contributed by atoms with van der Waals surface area (Å²) < 4.78 is 0. The van der Waals surface area contributed by atoms with Crippen molar-refractivity contribution in [3.05, 3.63) is 36.0 Å². The highest BCUT2D eigenvalue weighted by Crippen LogP contribution is 2.27. The van der Waals surface area contributed by atoms with E-state index in [0.717, 1.165) is 28.7 Å². The van der Waals surface area contributed by atoms with Crippen molar-refractivity contribution in [3.63, 3.8) is 0 Å². The van der Waals surface area contributed by atoms with E-state index in [1.54, 1.807) is 6.20 Å². The number of aromatic nitrogens is 4. The summed E-state index contributed by atoms with van der Waals surface area (Å²) in [5.74, 6) is 1.23. The molecule has 0 saturated carbocycles. The summed E-state index contributed by atoms with van der Waals surface area (Å²) in [6.45, 7) is 4.45. The van der Waals surface area contributed by atoms with E-state index in [4.69, 9.17) is 0 Å². The molecule has 5 nitrogen and oxygen atoms in total. The Morgan fingerprint density at radius 1 is 1.24 bits per heavy atom. The molecule has 0 radical (unpaired) electrons. The predicted molar refractivity (Wildman–Crippen MR) is 85.2 cm³/mol. The van der Waals surface area contributed by atoms with Gasteiger partial charge in [-0.2, -0.15) is 10.1 Å². The molecule has 0 aliphatic carbocycles. The summed E-state index contributed by atoms with van der Waals surface area (Å²) >= 11 is 0. The van der Waals surface area contributed by atoms with Crippen LogP contribution in [0.15, 0.2) is 30.5 Å². The van der Waals surface area contributed by atoms with Gasteiger partial charge in [-0.1, -0.05) is 32.0 Å². The van der Waals surface area contributed by atoms with Crippen LogP contribution in [0.5, 0.6) is 0 Å². The lowest BCUT2D eigenvalue weighted by Gasteiger charge is -2.09. The summed E-state index contributed by atoms with van der Waals surface area (Å²) in [4.78, 5) is 8.97. The molecule has 0 bridgehead atoms. The van der Waals surface area contributed by atoms with Crippen molar-refractivity contribution in [3.8, 4) is 11.3 Å². The third kappa shape index (κ3) is 2.72. The lowest BCUT2D eigenvalue weighted by molar-refractivity contribution is 0.647. The lowest BCUT2D eigenvalue weighted by atomic mass is 9.99. The van der Waals surface area contributed by atoms with Crippen LogP contribution in [0.25, 0.3) is 22.3 Å². The fourth-order valence-electron chi connectivity index (χ4n) is 2.48. The number of anilines is 1. The smallest absolute Gasteiger partial charge is 0.225 e. The van der Waals surface area contributed by atoms with Gasteiger partial charge in [0.1, 0.15) is 0 Å². The number of aromatic amines is 1. The highest BCUT2D eigenvalue weighted by molar-refractivity contribution is 5.90. The van der Waals surface area contributed by atoms with Crippen molar-refractivity contribution >= 4 is 17.0 Å². The maximum absolute atomic E-state index is 4.60. The van der Waals surface area contributed by atoms with Gasteiger partial charge >= 0.3 is 0 Å². The Bertz CT molecular complexity index is 760. The number of fused-ring (bicyclic) bond motifs is 1. The Labute approximate surface area is 123 Å². The maximum atomic E-state index is 4.60. The Morgan fingerprint density at radius 3 is 2.86 bits per heavy atom. The maximum Gasteiger partial charge on any atom is 0.225 e. The third-order valence-electron chi connectivity index (χ3n) is 3.38. The average Bonchev–Trinajstić information content (AvgIpc) is 2.94. The van der Waals surface area contributed by atoms with E-state index in [2.05, 4.69) is 63.6 Å². The van der Waals surface area contributed by atoms with Crippen LogP contribution in [0.2, 0.25) is 0 Å². The normalized spacial score (nSPS) is 11.2. The third-order valence-corrected chi connectivity index (χ3v) is 3.38. The minimum Gasteiger partial charge on any atom is -0.357 e. The molecule has 0 saturated heterocycles. The molecule has 0 amide bonds. The fraction of sp³-hybridized carbons (Fsp3) is 0.312. The highest BCUT2D eigenvalue weighted by Gasteiger charge is 2.11. The highest BCUT2D eigenvalue weighted by atomic mass is 15.2. The van der Waals surface area contributed by atoms with Crippen LogP contribution in [0.3, 0.4) is 0 Å². The van der Waals surface area contributed by atoms with Crippen LogP contribution < -0.4 is 5.32 Å². The van der Waals surface area contributed by atoms with Crippen molar-refractivity contribution in [2.45, 2.75) is 20.3 Å². The SMILES string of the molecule is CNc1nc(-c2cccc(CC(C)C)c2)c2cn[nH]c2n1. The first kappa shape index (κ1) is 13.5. The second kappa shape index (κ2) is 5.52. The zero-order valence-corrected chi connectivity index (χ0v) is 12.5. The van der Waals surface area contributed by atoms with Gasteiger partial charge in [0, 0.05) is 12.6 Å². The van der Waals surface area contributed by atoms with Crippen LogP contribution in [-0.4, -0.2) is 27.2 Å². The van der Waals surface area contributed by atoms with Gasteiger partial charge in [-0.25, -0.2) is 4.98 Å². The summed E-state index contributed by atoms with van der Waals surface area (Å²) in [7, 11) is 1.82. The number of benzene rings is 1. The molecule has 0 aliphatic rings. The van der Waals surface area contributed by atoms with Gasteiger partial charge in [-0.05, 0) is 24.0 Å². The zero-order chi connectivity index (χ0) is 14.8. The van der Waals surface area contributed by atoms with Crippen molar-refractivity contribution < 1.29 is 0 Å². The van der Waals surface area contributed by atoms with Crippen molar-refractivity contribution in [1.82, 2.24) is 20.2 Å². The molecule has 2 aromatic heterocycles. The van der Waals surface area contributed by atoms with Crippen LogP contribution in [-0.2, 0) is 6.42 Å². The van der Waals surface area contributed by atoms with Crippen molar-refractivity contribution in [2.75, 3.05) is 12.4 Å². The minimum absolute atomic E-state index is 0.594. The molecule has 1 aromatic carbocycles. The van der Waals surface area contributed by atoms with Gasteiger partial charge in [-0.3, -0.25) is 5.10 Å². The van der Waals surface area contributed by atoms with Gasteiger partial charge in [0.2, 0.25) is 5.95 Å². The average molecular weight is 281 g/mol.